The molecule has 0 unspecified atom stereocenters. The summed E-state index contributed by atoms with van der Waals surface area (Å²) in [7, 11) is 0. The molecule has 0 bridgehead atoms. The number of aryl methyl sites for hydroxylation is 1. The quantitative estimate of drug-likeness (QED) is 0.368. The van der Waals surface area contributed by atoms with Gasteiger partial charge >= 0.3 is 0 Å². The minimum atomic E-state index is -0.143. The molecule has 0 atom stereocenters. The molecule has 3 heteroatoms. The van der Waals surface area contributed by atoms with E-state index in [0.29, 0.717) is 27.7 Å². The molecule has 0 aliphatic heterocycles. The normalized spacial score (nSPS) is 10.7. The molecule has 0 amide bonds. The monoisotopic (exact) mass is 372 g/mol. The van der Waals surface area contributed by atoms with Crippen molar-refractivity contribution in [2.45, 2.75) is 6.92 Å². The molecule has 0 fully saturated rings. The van der Waals surface area contributed by atoms with Crippen LogP contribution >= 0.6 is 11.6 Å². The largest absolute Gasteiger partial charge is 0.460 e. The Morgan fingerprint density at radius 1 is 0.778 bits per heavy atom. The molecule has 2 nitrogen and oxygen atoms in total. The zero-order chi connectivity index (χ0) is 18.8. The van der Waals surface area contributed by atoms with Crippen molar-refractivity contribution in [1.29, 1.82) is 0 Å². The molecule has 0 spiro atoms. The highest BCUT2D eigenvalue weighted by atomic mass is 35.5. The molecule has 0 aliphatic rings. The Hall–Kier alpha value is -3.10. The van der Waals surface area contributed by atoms with Crippen LogP contribution < -0.4 is 0 Å². The van der Waals surface area contributed by atoms with Gasteiger partial charge in [0.15, 0.2) is 5.78 Å². The van der Waals surface area contributed by atoms with Crippen LogP contribution in [0, 0.1) is 6.92 Å². The maximum Gasteiger partial charge on any atom is 0.199 e. The van der Waals surface area contributed by atoms with Crippen molar-refractivity contribution in [2.75, 3.05) is 0 Å². The molecule has 132 valence electrons. The van der Waals surface area contributed by atoms with Crippen LogP contribution in [0.3, 0.4) is 0 Å². The summed E-state index contributed by atoms with van der Waals surface area (Å²) in [5.41, 5.74) is 3.61. The van der Waals surface area contributed by atoms with Crippen molar-refractivity contribution in [1.82, 2.24) is 0 Å². The Kier molecular flexibility index (Phi) is 4.66. The highest BCUT2D eigenvalue weighted by Gasteiger charge is 2.27. The van der Waals surface area contributed by atoms with Crippen LogP contribution in [0.2, 0.25) is 5.02 Å². The van der Waals surface area contributed by atoms with Crippen molar-refractivity contribution in [3.05, 3.63) is 107 Å². The van der Waals surface area contributed by atoms with Crippen LogP contribution in [0.15, 0.2) is 89.3 Å². The van der Waals surface area contributed by atoms with Gasteiger partial charge in [0.25, 0.3) is 0 Å². The first kappa shape index (κ1) is 17.3. The van der Waals surface area contributed by atoms with Crippen LogP contribution in [-0.2, 0) is 0 Å². The summed E-state index contributed by atoms with van der Waals surface area (Å²) in [6.45, 7) is 1.89. The molecule has 0 N–H and O–H groups in total. The summed E-state index contributed by atoms with van der Waals surface area (Å²) in [6.07, 6.45) is 0. The molecule has 1 heterocycles. The third kappa shape index (κ3) is 3.20. The number of carbonyl (C=O) groups is 1. The Morgan fingerprint density at radius 3 is 1.96 bits per heavy atom. The number of ketones is 1. The molecule has 0 saturated heterocycles. The Morgan fingerprint density at radius 2 is 1.33 bits per heavy atom. The van der Waals surface area contributed by atoms with E-state index in [-0.39, 0.29) is 5.78 Å². The zero-order valence-electron chi connectivity index (χ0n) is 14.8. The molecule has 0 saturated carbocycles. The number of hydrogen-bond acceptors (Lipinski definition) is 2. The molecule has 0 radical (unpaired) electrons. The number of halogens is 1. The van der Waals surface area contributed by atoms with Gasteiger partial charge in [-0.1, -0.05) is 84.4 Å². The van der Waals surface area contributed by atoms with Crippen LogP contribution in [0.1, 0.15) is 21.7 Å². The van der Waals surface area contributed by atoms with Gasteiger partial charge in [-0.25, -0.2) is 0 Å². The van der Waals surface area contributed by atoms with E-state index in [1.807, 2.05) is 79.7 Å². The van der Waals surface area contributed by atoms with Gasteiger partial charge in [0.1, 0.15) is 11.5 Å². The Bertz CT molecular complexity index is 1100. The van der Waals surface area contributed by atoms with Crippen LogP contribution in [0.25, 0.3) is 22.5 Å². The number of carbonyl (C=O) groups excluding carboxylic acids is 1. The van der Waals surface area contributed by atoms with E-state index < -0.39 is 0 Å². The average Bonchev–Trinajstić information content (AvgIpc) is 3.06. The predicted octanol–water partition coefficient (Wildman–Crippen LogP) is 6.81. The topological polar surface area (TPSA) is 30.2 Å². The SMILES string of the molecule is Cc1oc(-c2ccccc2)c(C(=O)c2ccccc2Cl)c1-c1ccccc1. The third-order valence-corrected chi connectivity index (χ3v) is 4.86. The summed E-state index contributed by atoms with van der Waals surface area (Å²) in [5, 5.41) is 0.430. The van der Waals surface area contributed by atoms with Crippen LogP contribution in [0.4, 0.5) is 0 Å². The third-order valence-electron chi connectivity index (χ3n) is 4.53. The van der Waals surface area contributed by atoms with Gasteiger partial charge < -0.3 is 4.42 Å². The maximum atomic E-state index is 13.5. The summed E-state index contributed by atoms with van der Waals surface area (Å²) >= 11 is 6.32. The number of furan rings is 1. The minimum Gasteiger partial charge on any atom is -0.460 e. The van der Waals surface area contributed by atoms with Crippen molar-refractivity contribution < 1.29 is 9.21 Å². The number of rotatable bonds is 4. The lowest BCUT2D eigenvalue weighted by atomic mass is 9.92. The van der Waals surface area contributed by atoms with Gasteiger partial charge in [-0.05, 0) is 24.6 Å². The smallest absolute Gasteiger partial charge is 0.199 e. The maximum absolute atomic E-state index is 13.5. The van der Waals surface area contributed by atoms with E-state index in [1.165, 1.54) is 0 Å². The highest BCUT2D eigenvalue weighted by Crippen LogP contribution is 2.39. The van der Waals surface area contributed by atoms with Gasteiger partial charge in [-0.15, -0.1) is 0 Å². The number of benzene rings is 3. The fourth-order valence-corrected chi connectivity index (χ4v) is 3.51. The van der Waals surface area contributed by atoms with Gasteiger partial charge in [0, 0.05) is 16.7 Å². The lowest BCUT2D eigenvalue weighted by molar-refractivity contribution is 0.103. The van der Waals surface area contributed by atoms with Crippen LogP contribution in [-0.4, -0.2) is 5.78 Å². The second kappa shape index (κ2) is 7.26. The molecule has 0 aliphatic carbocycles. The molecule has 1 aromatic heterocycles. The predicted molar refractivity (Wildman–Crippen MR) is 109 cm³/mol. The zero-order valence-corrected chi connectivity index (χ0v) is 15.5. The van der Waals surface area contributed by atoms with E-state index in [0.717, 1.165) is 16.7 Å². The molecule has 4 rings (SSSR count). The first-order valence-corrected chi connectivity index (χ1v) is 9.08. The van der Waals surface area contributed by atoms with Crippen LogP contribution in [0.5, 0.6) is 0 Å². The van der Waals surface area contributed by atoms with Crippen molar-refractivity contribution >= 4 is 17.4 Å². The first-order chi connectivity index (χ1) is 13.2. The van der Waals surface area contributed by atoms with Gasteiger partial charge in [0.05, 0.1) is 10.6 Å². The Labute approximate surface area is 163 Å². The summed E-state index contributed by atoms with van der Waals surface area (Å²) in [5.74, 6) is 1.13. The lowest BCUT2D eigenvalue weighted by Gasteiger charge is -2.08. The number of hydrogen-bond donors (Lipinski definition) is 0. The molecular weight excluding hydrogens is 356 g/mol. The lowest BCUT2D eigenvalue weighted by Crippen LogP contribution is -2.04. The summed E-state index contributed by atoms with van der Waals surface area (Å²) in [6, 6.07) is 26.6. The Balaban J connectivity index is 2.00. The van der Waals surface area contributed by atoms with Gasteiger partial charge in [-0.3, -0.25) is 4.79 Å². The standard InChI is InChI=1S/C24H17ClO2/c1-16-21(17-10-4-2-5-11-17)22(23(26)19-14-8-9-15-20(19)25)24(27-16)18-12-6-3-7-13-18/h2-15H,1H3. The summed E-state index contributed by atoms with van der Waals surface area (Å²) < 4.78 is 6.10. The van der Waals surface area contributed by atoms with Gasteiger partial charge in [-0.2, -0.15) is 0 Å². The molecule has 27 heavy (non-hydrogen) atoms. The van der Waals surface area contributed by atoms with E-state index in [2.05, 4.69) is 0 Å². The average molecular weight is 373 g/mol. The highest BCUT2D eigenvalue weighted by molar-refractivity contribution is 6.35. The molecule has 4 aromatic rings. The first-order valence-electron chi connectivity index (χ1n) is 8.70. The molecular formula is C24H17ClO2. The fraction of sp³-hybridized carbons (Fsp3) is 0.0417. The second-order valence-electron chi connectivity index (χ2n) is 6.28. The summed E-state index contributed by atoms with van der Waals surface area (Å²) in [4.78, 5) is 13.5. The second-order valence-corrected chi connectivity index (χ2v) is 6.69. The van der Waals surface area contributed by atoms with E-state index in [1.54, 1.807) is 12.1 Å². The van der Waals surface area contributed by atoms with Crippen molar-refractivity contribution in [3.63, 3.8) is 0 Å². The fourth-order valence-electron chi connectivity index (χ4n) is 3.29. The minimum absolute atomic E-state index is 0.143. The van der Waals surface area contributed by atoms with Gasteiger partial charge in [0.2, 0.25) is 0 Å². The van der Waals surface area contributed by atoms with Crippen molar-refractivity contribution in [2.24, 2.45) is 0 Å². The van der Waals surface area contributed by atoms with E-state index in [4.69, 9.17) is 16.0 Å². The molecule has 3 aromatic carbocycles. The van der Waals surface area contributed by atoms with Crippen molar-refractivity contribution in [3.8, 4) is 22.5 Å². The van der Waals surface area contributed by atoms with E-state index >= 15 is 0 Å². The van der Waals surface area contributed by atoms with E-state index in [9.17, 15) is 4.79 Å².